The average Bonchev–Trinajstić information content (AvgIpc) is 3.21. The Morgan fingerprint density at radius 3 is 2.63 bits per heavy atom. The van der Waals surface area contributed by atoms with E-state index in [-0.39, 0.29) is 11.8 Å². The zero-order chi connectivity index (χ0) is 20.9. The quantitative estimate of drug-likeness (QED) is 0.623. The highest BCUT2D eigenvalue weighted by Crippen LogP contribution is 2.32. The van der Waals surface area contributed by atoms with Crippen LogP contribution >= 0.6 is 11.3 Å². The molecule has 0 saturated heterocycles. The van der Waals surface area contributed by atoms with Gasteiger partial charge in [0.25, 0.3) is 0 Å². The van der Waals surface area contributed by atoms with Gasteiger partial charge in [0.1, 0.15) is 13.2 Å². The van der Waals surface area contributed by atoms with Crippen LogP contribution in [-0.2, 0) is 9.59 Å². The second-order valence-electron chi connectivity index (χ2n) is 6.43. The number of anilines is 3. The summed E-state index contributed by atoms with van der Waals surface area (Å²) in [6.45, 7) is 2.49. The first-order valence-corrected chi connectivity index (χ1v) is 10.2. The minimum atomic E-state index is -0.298. The minimum absolute atomic E-state index is 0.137. The highest BCUT2D eigenvalue weighted by Gasteiger charge is 2.17. The summed E-state index contributed by atoms with van der Waals surface area (Å²) in [5, 5.41) is 5.12. The smallest absolute Gasteiger partial charge is 0.248 e. The summed E-state index contributed by atoms with van der Waals surface area (Å²) in [5.74, 6) is 0.839. The molecule has 2 aromatic carbocycles. The van der Waals surface area contributed by atoms with Crippen molar-refractivity contribution in [2.45, 2.75) is 6.92 Å². The summed E-state index contributed by atoms with van der Waals surface area (Å²) in [4.78, 5) is 30.4. The van der Waals surface area contributed by atoms with Crippen LogP contribution in [0.5, 0.6) is 11.5 Å². The van der Waals surface area contributed by atoms with Gasteiger partial charge in [0.15, 0.2) is 16.6 Å². The van der Waals surface area contributed by atoms with E-state index in [9.17, 15) is 9.59 Å². The van der Waals surface area contributed by atoms with Crippen LogP contribution in [0.4, 0.5) is 16.5 Å². The summed E-state index contributed by atoms with van der Waals surface area (Å²) in [5.41, 5.74) is 1.94. The van der Waals surface area contributed by atoms with E-state index in [1.165, 1.54) is 29.2 Å². The standard InChI is InChI=1S/C22H19N3O4S/c1-15(26)25(18-5-3-2-4-6-18)22-24-17(14-30-22)8-10-21(27)23-16-7-9-19-20(13-16)29-12-11-28-19/h2-10,13-14H,11-12H2,1H3,(H,23,27)/b10-8+. The molecule has 3 aromatic rings. The fourth-order valence-electron chi connectivity index (χ4n) is 2.93. The molecule has 8 heteroatoms. The Balaban J connectivity index is 1.44. The predicted octanol–water partition coefficient (Wildman–Crippen LogP) is 4.25. The van der Waals surface area contributed by atoms with Gasteiger partial charge >= 0.3 is 0 Å². The largest absolute Gasteiger partial charge is 0.486 e. The van der Waals surface area contributed by atoms with E-state index in [1.54, 1.807) is 29.7 Å². The number of nitrogens with one attached hydrogen (secondary N) is 1. The van der Waals surface area contributed by atoms with Crippen molar-refractivity contribution in [3.05, 3.63) is 65.7 Å². The molecule has 0 fully saturated rings. The topological polar surface area (TPSA) is 80.8 Å². The molecular weight excluding hydrogens is 402 g/mol. The van der Waals surface area contributed by atoms with Crippen molar-refractivity contribution in [2.75, 3.05) is 23.4 Å². The Hall–Kier alpha value is -3.65. The molecule has 152 valence electrons. The number of thiazole rings is 1. The van der Waals surface area contributed by atoms with Crippen molar-refractivity contribution >= 4 is 45.7 Å². The van der Waals surface area contributed by atoms with E-state index in [0.29, 0.717) is 41.2 Å². The lowest BCUT2D eigenvalue weighted by atomic mass is 10.2. The van der Waals surface area contributed by atoms with Gasteiger partial charge in [-0.1, -0.05) is 18.2 Å². The Bertz CT molecular complexity index is 1090. The molecule has 1 aromatic heterocycles. The first-order chi connectivity index (χ1) is 14.6. The van der Waals surface area contributed by atoms with Crippen LogP contribution < -0.4 is 19.7 Å². The Morgan fingerprint density at radius 2 is 1.87 bits per heavy atom. The van der Waals surface area contributed by atoms with Gasteiger partial charge < -0.3 is 14.8 Å². The monoisotopic (exact) mass is 421 g/mol. The molecule has 2 amide bonds. The predicted molar refractivity (Wildman–Crippen MR) is 116 cm³/mol. The summed E-state index contributed by atoms with van der Waals surface area (Å²) in [6, 6.07) is 14.6. The number of nitrogens with zero attached hydrogens (tertiary/aromatic N) is 2. The van der Waals surface area contributed by atoms with Gasteiger partial charge in [-0.15, -0.1) is 11.3 Å². The van der Waals surface area contributed by atoms with Crippen LogP contribution in [0.15, 0.2) is 60.0 Å². The Morgan fingerprint density at radius 1 is 1.10 bits per heavy atom. The van der Waals surface area contributed by atoms with Gasteiger partial charge in [-0.3, -0.25) is 14.5 Å². The van der Waals surface area contributed by atoms with Crippen LogP contribution in [0, 0.1) is 0 Å². The number of aromatic nitrogens is 1. The molecule has 0 saturated carbocycles. The van der Waals surface area contributed by atoms with Crippen LogP contribution in [0.3, 0.4) is 0 Å². The maximum Gasteiger partial charge on any atom is 0.248 e. The van der Waals surface area contributed by atoms with Crippen molar-refractivity contribution in [1.82, 2.24) is 4.98 Å². The molecule has 4 rings (SSSR count). The SMILES string of the molecule is CC(=O)N(c1ccccc1)c1nc(/C=C/C(=O)Nc2ccc3c(c2)OCCO3)cs1. The van der Waals surface area contributed by atoms with Gasteiger partial charge in [-0.05, 0) is 30.3 Å². The normalized spacial score (nSPS) is 12.6. The zero-order valence-electron chi connectivity index (χ0n) is 16.2. The molecule has 0 spiro atoms. The second kappa shape index (κ2) is 8.79. The van der Waals surface area contributed by atoms with E-state index >= 15 is 0 Å². The number of benzene rings is 2. The molecule has 30 heavy (non-hydrogen) atoms. The van der Waals surface area contributed by atoms with Gasteiger partial charge in [0, 0.05) is 30.1 Å². The third kappa shape index (κ3) is 4.49. The van der Waals surface area contributed by atoms with Gasteiger partial charge in [-0.25, -0.2) is 4.98 Å². The number of para-hydroxylation sites is 1. The Kier molecular flexibility index (Phi) is 5.76. The van der Waals surface area contributed by atoms with E-state index in [4.69, 9.17) is 9.47 Å². The average molecular weight is 421 g/mol. The molecule has 0 aliphatic carbocycles. The molecule has 0 radical (unpaired) electrons. The van der Waals surface area contributed by atoms with Crippen LogP contribution in [0.25, 0.3) is 6.08 Å². The van der Waals surface area contributed by atoms with Gasteiger partial charge in [0.2, 0.25) is 11.8 Å². The highest BCUT2D eigenvalue weighted by molar-refractivity contribution is 7.14. The lowest BCUT2D eigenvalue weighted by Gasteiger charge is -2.18. The molecule has 1 aliphatic rings. The third-order valence-electron chi connectivity index (χ3n) is 4.25. The van der Waals surface area contributed by atoms with Crippen molar-refractivity contribution < 1.29 is 19.1 Å². The maximum absolute atomic E-state index is 12.3. The molecule has 0 unspecified atom stereocenters. The van der Waals surface area contributed by atoms with Crippen LogP contribution in [-0.4, -0.2) is 30.0 Å². The molecule has 2 heterocycles. The van der Waals surface area contributed by atoms with E-state index in [1.807, 2.05) is 30.3 Å². The number of ether oxygens (including phenoxy) is 2. The fourth-order valence-corrected chi connectivity index (χ4v) is 3.78. The molecular formula is C22H19N3O4S. The lowest BCUT2D eigenvalue weighted by molar-refractivity contribution is -0.116. The van der Waals surface area contributed by atoms with Crippen molar-refractivity contribution in [2.24, 2.45) is 0 Å². The number of carbonyl (C=O) groups excluding carboxylic acids is 2. The van der Waals surface area contributed by atoms with Crippen LogP contribution in [0.1, 0.15) is 12.6 Å². The molecule has 1 N–H and O–H groups in total. The van der Waals surface area contributed by atoms with Crippen molar-refractivity contribution in [3.8, 4) is 11.5 Å². The first kappa shape index (κ1) is 19.7. The fraction of sp³-hybridized carbons (Fsp3) is 0.136. The maximum atomic E-state index is 12.3. The van der Waals surface area contributed by atoms with Crippen LogP contribution in [0.2, 0.25) is 0 Å². The molecule has 7 nitrogen and oxygen atoms in total. The summed E-state index contributed by atoms with van der Waals surface area (Å²) in [7, 11) is 0. The number of fused-ring (bicyclic) bond motifs is 1. The Labute approximate surface area is 177 Å². The summed E-state index contributed by atoms with van der Waals surface area (Å²) >= 11 is 1.33. The van der Waals surface area contributed by atoms with E-state index in [0.717, 1.165) is 5.69 Å². The third-order valence-corrected chi connectivity index (χ3v) is 5.09. The molecule has 1 aliphatic heterocycles. The summed E-state index contributed by atoms with van der Waals surface area (Å²) < 4.78 is 11.0. The van der Waals surface area contributed by atoms with Gasteiger partial charge in [-0.2, -0.15) is 0 Å². The lowest BCUT2D eigenvalue weighted by Crippen LogP contribution is -2.22. The van der Waals surface area contributed by atoms with Crippen molar-refractivity contribution in [3.63, 3.8) is 0 Å². The summed E-state index contributed by atoms with van der Waals surface area (Å²) in [6.07, 6.45) is 3.01. The number of hydrogen-bond acceptors (Lipinski definition) is 6. The van der Waals surface area contributed by atoms with Gasteiger partial charge in [0.05, 0.1) is 11.4 Å². The van der Waals surface area contributed by atoms with Crippen molar-refractivity contribution in [1.29, 1.82) is 0 Å². The minimum Gasteiger partial charge on any atom is -0.486 e. The number of rotatable bonds is 5. The highest BCUT2D eigenvalue weighted by atomic mass is 32.1. The first-order valence-electron chi connectivity index (χ1n) is 9.30. The molecule has 0 atom stereocenters. The zero-order valence-corrected chi connectivity index (χ0v) is 17.0. The van der Waals surface area contributed by atoms with E-state index in [2.05, 4.69) is 10.3 Å². The number of carbonyl (C=O) groups is 2. The number of hydrogen-bond donors (Lipinski definition) is 1. The molecule has 0 bridgehead atoms. The van der Waals surface area contributed by atoms with E-state index < -0.39 is 0 Å². The number of amides is 2. The second-order valence-corrected chi connectivity index (χ2v) is 7.26.